The number of aromatic nitrogens is 4. The molecule has 2 aromatic heterocycles. The van der Waals surface area contributed by atoms with Gasteiger partial charge in [0.2, 0.25) is 17.9 Å². The molecule has 0 unspecified atom stereocenters. The highest BCUT2D eigenvalue weighted by molar-refractivity contribution is 14.1. The van der Waals surface area contributed by atoms with Crippen molar-refractivity contribution in [2.45, 2.75) is 39.3 Å². The van der Waals surface area contributed by atoms with E-state index >= 15 is 0 Å². The number of rotatable bonds is 8. The third-order valence-electron chi connectivity index (χ3n) is 4.90. The molecule has 182 valence electrons. The lowest BCUT2D eigenvalue weighted by molar-refractivity contribution is 0.0232. The molecule has 3 heterocycles. The first-order chi connectivity index (χ1) is 16.2. The molecule has 4 rings (SSSR count). The highest BCUT2D eigenvalue weighted by Gasteiger charge is 2.23. The lowest BCUT2D eigenvalue weighted by Crippen LogP contribution is -2.38. The molecule has 12 heteroatoms. The highest BCUT2D eigenvalue weighted by atomic mass is 127. The van der Waals surface area contributed by atoms with Crippen LogP contribution in [0, 0.1) is 3.70 Å². The fourth-order valence-electron chi connectivity index (χ4n) is 3.29. The van der Waals surface area contributed by atoms with Crippen molar-refractivity contribution in [3.8, 4) is 17.4 Å². The summed E-state index contributed by atoms with van der Waals surface area (Å²) in [4.78, 5) is 25.5. The molecule has 34 heavy (non-hydrogen) atoms. The number of carbonyl (C=O) groups is 1. The number of hydrogen-bond acceptors (Lipinski definition) is 9. The minimum Gasteiger partial charge on any atom is -0.454 e. The van der Waals surface area contributed by atoms with E-state index in [1.54, 1.807) is 15.8 Å². The normalized spacial score (nSPS) is 12.6. The lowest BCUT2D eigenvalue weighted by Gasteiger charge is -2.28. The van der Waals surface area contributed by atoms with Gasteiger partial charge in [-0.05, 0) is 67.5 Å². The van der Waals surface area contributed by atoms with Gasteiger partial charge in [0, 0.05) is 44.4 Å². The predicted octanol–water partition coefficient (Wildman–Crippen LogP) is 4.32. The van der Waals surface area contributed by atoms with Crippen LogP contribution in [0.2, 0.25) is 0 Å². The molecule has 3 aromatic rings. The molecule has 0 bridgehead atoms. The maximum absolute atomic E-state index is 12.9. The third-order valence-corrected chi connectivity index (χ3v) is 6.27. The molecule has 0 radical (unpaired) electrons. The summed E-state index contributed by atoms with van der Waals surface area (Å²) in [5, 5.41) is 0.804. The molecule has 0 spiro atoms. The van der Waals surface area contributed by atoms with E-state index in [9.17, 15) is 4.79 Å². The van der Waals surface area contributed by atoms with Crippen molar-refractivity contribution in [1.29, 1.82) is 0 Å². The van der Waals surface area contributed by atoms with Crippen LogP contribution in [0.4, 0.5) is 9.93 Å². The lowest BCUT2D eigenvalue weighted by atomic mass is 10.2. The number of amides is 1. The Morgan fingerprint density at radius 2 is 2.06 bits per heavy atom. The Kier molecular flexibility index (Phi) is 7.45. The summed E-state index contributed by atoms with van der Waals surface area (Å²) < 4.78 is 23.6. The van der Waals surface area contributed by atoms with E-state index < -0.39 is 5.60 Å². The Morgan fingerprint density at radius 3 is 2.79 bits per heavy atom. The molecule has 10 nitrogen and oxygen atoms in total. The number of fused-ring (bicyclic) bond motifs is 1. The number of carbonyl (C=O) groups excluding carboxylic acids is 1. The summed E-state index contributed by atoms with van der Waals surface area (Å²) in [7, 11) is 1.97. The molecule has 0 aliphatic carbocycles. The summed E-state index contributed by atoms with van der Waals surface area (Å²) in [5.41, 5.74) is 0.377. The van der Waals surface area contributed by atoms with Gasteiger partial charge in [-0.2, -0.15) is 9.36 Å². The van der Waals surface area contributed by atoms with Gasteiger partial charge in [0.1, 0.15) is 15.6 Å². The minimum absolute atomic E-state index is 0.217. The van der Waals surface area contributed by atoms with Crippen LogP contribution in [0.1, 0.15) is 32.8 Å². The molecule has 0 saturated heterocycles. The summed E-state index contributed by atoms with van der Waals surface area (Å²) in [5.74, 6) is 2.01. The van der Waals surface area contributed by atoms with Crippen molar-refractivity contribution in [2.75, 3.05) is 31.8 Å². The summed E-state index contributed by atoms with van der Waals surface area (Å²) in [6.45, 7) is 7.46. The van der Waals surface area contributed by atoms with Gasteiger partial charge in [0.05, 0.1) is 0 Å². The number of imidazole rings is 1. The van der Waals surface area contributed by atoms with Gasteiger partial charge < -0.3 is 24.0 Å². The molecule has 0 atom stereocenters. The number of nitrogens with zero attached hydrogens (tertiary/aromatic N) is 6. The Hall–Kier alpha value is -2.61. The van der Waals surface area contributed by atoms with Crippen molar-refractivity contribution in [3.05, 3.63) is 40.0 Å². The van der Waals surface area contributed by atoms with Crippen LogP contribution < -0.4 is 14.4 Å². The number of hydrogen-bond donors (Lipinski definition) is 0. The second kappa shape index (κ2) is 10.3. The Morgan fingerprint density at radius 1 is 1.26 bits per heavy atom. The van der Waals surface area contributed by atoms with E-state index in [-0.39, 0.29) is 12.9 Å². The largest absolute Gasteiger partial charge is 0.454 e. The van der Waals surface area contributed by atoms with Gasteiger partial charge in [0.25, 0.3) is 0 Å². The molecule has 0 N–H and O–H groups in total. The number of anilines is 1. The maximum Gasteiger partial charge on any atom is 0.410 e. The zero-order valence-electron chi connectivity index (χ0n) is 19.5. The number of halogens is 1. The summed E-state index contributed by atoms with van der Waals surface area (Å²) >= 11 is 3.48. The number of ether oxygens (including phenoxy) is 3. The quantitative estimate of drug-likeness (QED) is 0.354. The Balaban J connectivity index is 1.38. The predicted molar refractivity (Wildman–Crippen MR) is 137 cm³/mol. The van der Waals surface area contributed by atoms with E-state index in [4.69, 9.17) is 14.2 Å². The van der Waals surface area contributed by atoms with E-state index in [1.165, 1.54) is 11.5 Å². The highest BCUT2D eigenvalue weighted by Crippen LogP contribution is 2.33. The molecular formula is C22H27IN6O4S. The zero-order valence-corrected chi connectivity index (χ0v) is 22.5. The average molecular weight is 598 g/mol. The van der Waals surface area contributed by atoms with Gasteiger partial charge in [-0.3, -0.25) is 4.57 Å². The molecular weight excluding hydrogens is 571 g/mol. The smallest absolute Gasteiger partial charge is 0.410 e. The van der Waals surface area contributed by atoms with Gasteiger partial charge >= 0.3 is 6.09 Å². The van der Waals surface area contributed by atoms with Gasteiger partial charge in [-0.1, -0.05) is 6.07 Å². The fraction of sp³-hybridized carbons (Fsp3) is 0.455. The summed E-state index contributed by atoms with van der Waals surface area (Å²) in [6.07, 6.45) is 3.96. The van der Waals surface area contributed by atoms with Crippen LogP contribution in [0.3, 0.4) is 0 Å². The van der Waals surface area contributed by atoms with Crippen LogP contribution in [0.5, 0.6) is 11.5 Å². The molecule has 0 saturated carbocycles. The van der Waals surface area contributed by atoms with E-state index in [0.717, 1.165) is 26.6 Å². The first kappa shape index (κ1) is 24.5. The van der Waals surface area contributed by atoms with Crippen LogP contribution >= 0.6 is 34.1 Å². The SMILES string of the molecule is CN(CCCN(Cc1ccc2c(c1)OCO2)C(=O)OC(C)(C)C)c1nc(-n2cnc(I)c2)ns1. The minimum atomic E-state index is -0.574. The van der Waals surface area contributed by atoms with Crippen molar-refractivity contribution >= 4 is 45.3 Å². The fourth-order valence-corrected chi connectivity index (χ4v) is 4.37. The van der Waals surface area contributed by atoms with Crippen molar-refractivity contribution in [2.24, 2.45) is 0 Å². The van der Waals surface area contributed by atoms with E-state index in [2.05, 4.69) is 36.9 Å². The third kappa shape index (κ3) is 6.29. The van der Waals surface area contributed by atoms with Gasteiger partial charge in [0.15, 0.2) is 11.5 Å². The van der Waals surface area contributed by atoms with E-state index in [1.807, 2.05) is 57.1 Å². The Labute approximate surface area is 216 Å². The van der Waals surface area contributed by atoms with Crippen LogP contribution in [-0.4, -0.2) is 62.4 Å². The molecule has 0 fully saturated rings. The average Bonchev–Trinajstić information content (AvgIpc) is 3.51. The summed E-state index contributed by atoms with van der Waals surface area (Å²) in [6, 6.07) is 5.72. The second-order valence-corrected chi connectivity index (χ2v) is 10.7. The van der Waals surface area contributed by atoms with Crippen molar-refractivity contribution in [1.82, 2.24) is 23.8 Å². The van der Waals surface area contributed by atoms with Crippen molar-refractivity contribution in [3.63, 3.8) is 0 Å². The van der Waals surface area contributed by atoms with E-state index in [0.29, 0.717) is 31.3 Å². The van der Waals surface area contributed by atoms with Crippen LogP contribution in [0.25, 0.3) is 5.95 Å². The van der Waals surface area contributed by atoms with Crippen LogP contribution in [-0.2, 0) is 11.3 Å². The second-order valence-electron chi connectivity index (χ2n) is 8.85. The zero-order chi connectivity index (χ0) is 24.3. The first-order valence-corrected chi connectivity index (χ1v) is 12.6. The number of benzene rings is 1. The Bertz CT molecular complexity index is 1140. The van der Waals surface area contributed by atoms with Gasteiger partial charge in [-0.15, -0.1) is 0 Å². The molecule has 1 aliphatic rings. The molecule has 1 aliphatic heterocycles. The molecule has 1 aromatic carbocycles. The van der Waals surface area contributed by atoms with Crippen LogP contribution in [0.15, 0.2) is 30.7 Å². The standard InChI is InChI=1S/C22H27IN6O4S/c1-22(2,3)33-21(30)28(11-15-6-7-16-17(10-15)32-14-31-16)9-5-8-27(4)20-25-19(26-34-20)29-12-18(23)24-13-29/h6-7,10,12-13H,5,8-9,11,14H2,1-4H3. The maximum atomic E-state index is 12.9. The van der Waals surface area contributed by atoms with Gasteiger partial charge in [-0.25, -0.2) is 9.78 Å². The monoisotopic (exact) mass is 598 g/mol. The first-order valence-electron chi connectivity index (χ1n) is 10.8. The molecule has 1 amide bonds. The van der Waals surface area contributed by atoms with Crippen molar-refractivity contribution < 1.29 is 19.0 Å². The topological polar surface area (TPSA) is 94.8 Å².